The first-order valence-electron chi connectivity index (χ1n) is 6.59. The molecule has 1 aliphatic rings. The molecular formula is C16H17NO3. The number of hydrogen-bond acceptors (Lipinski definition) is 4. The van der Waals surface area contributed by atoms with E-state index in [2.05, 4.69) is 0 Å². The second-order valence-electron chi connectivity index (χ2n) is 4.62. The van der Waals surface area contributed by atoms with Crippen molar-refractivity contribution in [2.45, 2.75) is 6.10 Å². The van der Waals surface area contributed by atoms with E-state index in [-0.39, 0.29) is 6.10 Å². The molecule has 3 rings (SSSR count). The van der Waals surface area contributed by atoms with E-state index in [0.717, 1.165) is 28.4 Å². The molecule has 0 bridgehead atoms. The van der Waals surface area contributed by atoms with Crippen molar-refractivity contribution in [1.29, 1.82) is 0 Å². The van der Waals surface area contributed by atoms with E-state index in [1.807, 2.05) is 42.5 Å². The lowest BCUT2D eigenvalue weighted by Gasteiger charge is -2.27. The van der Waals surface area contributed by atoms with Gasteiger partial charge in [0.1, 0.15) is 18.5 Å². The van der Waals surface area contributed by atoms with Crippen LogP contribution < -0.4 is 19.9 Å². The standard InChI is InChI=1S/C16H17NO3/c1-18-14-7-3-2-5-12(14)13-6-4-8-15-16(13)20-11(9-17)10-19-15/h2-8,11H,9-10,17H2,1H3. The van der Waals surface area contributed by atoms with Crippen LogP contribution in [0.2, 0.25) is 0 Å². The Bertz CT molecular complexity index is 612. The van der Waals surface area contributed by atoms with E-state index < -0.39 is 0 Å². The van der Waals surface area contributed by atoms with Crippen molar-refractivity contribution in [3.63, 3.8) is 0 Å². The third-order valence-corrected chi connectivity index (χ3v) is 3.35. The van der Waals surface area contributed by atoms with Crippen LogP contribution in [0.25, 0.3) is 11.1 Å². The topological polar surface area (TPSA) is 53.7 Å². The van der Waals surface area contributed by atoms with Crippen LogP contribution in [0, 0.1) is 0 Å². The zero-order valence-electron chi connectivity index (χ0n) is 11.3. The monoisotopic (exact) mass is 271 g/mol. The number of nitrogens with two attached hydrogens (primary N) is 1. The van der Waals surface area contributed by atoms with E-state index in [0.29, 0.717) is 13.2 Å². The lowest BCUT2D eigenvalue weighted by molar-refractivity contribution is 0.0976. The molecule has 0 spiro atoms. The van der Waals surface area contributed by atoms with Gasteiger partial charge < -0.3 is 19.9 Å². The van der Waals surface area contributed by atoms with E-state index in [1.165, 1.54) is 0 Å². The summed E-state index contributed by atoms with van der Waals surface area (Å²) in [4.78, 5) is 0. The predicted octanol–water partition coefficient (Wildman–Crippen LogP) is 2.46. The van der Waals surface area contributed by atoms with Crippen molar-refractivity contribution in [3.8, 4) is 28.4 Å². The van der Waals surface area contributed by atoms with Gasteiger partial charge in [-0.25, -0.2) is 0 Å². The fraction of sp³-hybridized carbons (Fsp3) is 0.250. The van der Waals surface area contributed by atoms with Crippen LogP contribution in [0.3, 0.4) is 0 Å². The Kier molecular flexibility index (Phi) is 3.48. The van der Waals surface area contributed by atoms with E-state index in [1.54, 1.807) is 7.11 Å². The Morgan fingerprint density at radius 1 is 1.15 bits per heavy atom. The third kappa shape index (κ3) is 2.18. The molecule has 1 aliphatic heterocycles. The summed E-state index contributed by atoms with van der Waals surface area (Å²) >= 11 is 0. The van der Waals surface area contributed by atoms with Gasteiger partial charge in [-0.15, -0.1) is 0 Å². The van der Waals surface area contributed by atoms with Gasteiger partial charge in [0.15, 0.2) is 11.5 Å². The van der Waals surface area contributed by atoms with Gasteiger partial charge in [-0.05, 0) is 12.1 Å². The third-order valence-electron chi connectivity index (χ3n) is 3.35. The van der Waals surface area contributed by atoms with Crippen LogP contribution in [0.5, 0.6) is 17.2 Å². The van der Waals surface area contributed by atoms with Crippen LogP contribution in [0.15, 0.2) is 42.5 Å². The summed E-state index contributed by atoms with van der Waals surface area (Å²) in [5.74, 6) is 2.29. The highest BCUT2D eigenvalue weighted by Crippen LogP contribution is 2.43. The maximum Gasteiger partial charge on any atom is 0.169 e. The van der Waals surface area contributed by atoms with Gasteiger partial charge in [-0.3, -0.25) is 0 Å². The van der Waals surface area contributed by atoms with Crippen molar-refractivity contribution in [1.82, 2.24) is 0 Å². The molecule has 0 saturated carbocycles. The van der Waals surface area contributed by atoms with Gasteiger partial charge in [-0.2, -0.15) is 0 Å². The smallest absolute Gasteiger partial charge is 0.169 e. The lowest BCUT2D eigenvalue weighted by atomic mass is 10.0. The predicted molar refractivity (Wildman–Crippen MR) is 77.4 cm³/mol. The minimum absolute atomic E-state index is 0.113. The molecule has 0 aromatic heterocycles. The van der Waals surface area contributed by atoms with Crippen LogP contribution in [0.1, 0.15) is 0 Å². The molecule has 20 heavy (non-hydrogen) atoms. The SMILES string of the molecule is COc1ccccc1-c1cccc2c1OC(CN)CO2. The number of para-hydroxylation sites is 2. The van der Waals surface area contributed by atoms with Crippen LogP contribution in [0.4, 0.5) is 0 Å². The molecule has 0 saturated heterocycles. The van der Waals surface area contributed by atoms with Crippen molar-refractivity contribution < 1.29 is 14.2 Å². The first-order chi connectivity index (χ1) is 9.83. The molecular weight excluding hydrogens is 254 g/mol. The Balaban J connectivity index is 2.11. The number of fused-ring (bicyclic) bond motifs is 1. The van der Waals surface area contributed by atoms with Gasteiger partial charge in [0.05, 0.1) is 7.11 Å². The number of hydrogen-bond donors (Lipinski definition) is 1. The quantitative estimate of drug-likeness (QED) is 0.931. The molecule has 4 heteroatoms. The largest absolute Gasteiger partial charge is 0.496 e. The lowest BCUT2D eigenvalue weighted by Crippen LogP contribution is -2.35. The molecule has 0 radical (unpaired) electrons. The molecule has 2 N–H and O–H groups in total. The van der Waals surface area contributed by atoms with Crippen molar-refractivity contribution in [3.05, 3.63) is 42.5 Å². The first-order valence-corrected chi connectivity index (χ1v) is 6.59. The van der Waals surface area contributed by atoms with Gasteiger partial charge in [0.2, 0.25) is 0 Å². The number of methoxy groups -OCH3 is 1. The van der Waals surface area contributed by atoms with Gasteiger partial charge in [0.25, 0.3) is 0 Å². The minimum atomic E-state index is -0.113. The molecule has 4 nitrogen and oxygen atoms in total. The molecule has 0 aliphatic carbocycles. The second kappa shape index (κ2) is 5.43. The zero-order chi connectivity index (χ0) is 13.9. The molecule has 1 unspecified atom stereocenters. The summed E-state index contributed by atoms with van der Waals surface area (Å²) < 4.78 is 17.1. The summed E-state index contributed by atoms with van der Waals surface area (Å²) in [5.41, 5.74) is 7.61. The molecule has 104 valence electrons. The average Bonchev–Trinajstić information content (AvgIpc) is 2.53. The average molecular weight is 271 g/mol. The van der Waals surface area contributed by atoms with E-state index >= 15 is 0 Å². The highest BCUT2D eigenvalue weighted by molar-refractivity contribution is 5.78. The Morgan fingerprint density at radius 2 is 1.95 bits per heavy atom. The molecule has 0 amide bonds. The summed E-state index contributed by atoms with van der Waals surface area (Å²) in [6, 6.07) is 13.7. The fourth-order valence-electron chi connectivity index (χ4n) is 2.33. The maximum atomic E-state index is 5.96. The number of rotatable bonds is 3. The highest BCUT2D eigenvalue weighted by Gasteiger charge is 2.24. The molecule has 1 heterocycles. The van der Waals surface area contributed by atoms with Crippen molar-refractivity contribution >= 4 is 0 Å². The van der Waals surface area contributed by atoms with E-state index in [9.17, 15) is 0 Å². The molecule has 1 atom stereocenters. The first kappa shape index (κ1) is 12.8. The Labute approximate surface area is 118 Å². The van der Waals surface area contributed by atoms with Crippen molar-refractivity contribution in [2.24, 2.45) is 5.73 Å². The molecule has 2 aromatic carbocycles. The summed E-state index contributed by atoms with van der Waals surface area (Å²) in [6.07, 6.45) is -0.113. The second-order valence-corrected chi connectivity index (χ2v) is 4.62. The van der Waals surface area contributed by atoms with Crippen molar-refractivity contribution in [2.75, 3.05) is 20.3 Å². The summed E-state index contributed by atoms with van der Waals surface area (Å²) in [7, 11) is 1.66. The molecule has 0 fully saturated rings. The maximum absolute atomic E-state index is 5.96. The number of ether oxygens (including phenoxy) is 3. The van der Waals surface area contributed by atoms with Crippen LogP contribution >= 0.6 is 0 Å². The minimum Gasteiger partial charge on any atom is -0.496 e. The normalized spacial score (nSPS) is 16.8. The van der Waals surface area contributed by atoms with Gasteiger partial charge in [-0.1, -0.05) is 30.3 Å². The fourth-order valence-corrected chi connectivity index (χ4v) is 2.33. The molecule has 2 aromatic rings. The number of benzene rings is 2. The van der Waals surface area contributed by atoms with E-state index in [4.69, 9.17) is 19.9 Å². The Hall–Kier alpha value is -2.20. The summed E-state index contributed by atoms with van der Waals surface area (Å²) in [6.45, 7) is 0.915. The van der Waals surface area contributed by atoms with Gasteiger partial charge in [0, 0.05) is 17.7 Å². The van der Waals surface area contributed by atoms with Gasteiger partial charge >= 0.3 is 0 Å². The zero-order valence-corrected chi connectivity index (χ0v) is 11.3. The van der Waals surface area contributed by atoms with Crippen LogP contribution in [-0.4, -0.2) is 26.4 Å². The highest BCUT2D eigenvalue weighted by atomic mass is 16.6. The Morgan fingerprint density at radius 3 is 2.75 bits per heavy atom. The van der Waals surface area contributed by atoms with Crippen LogP contribution in [-0.2, 0) is 0 Å². The summed E-state index contributed by atoms with van der Waals surface area (Å²) in [5, 5.41) is 0.